The second kappa shape index (κ2) is 3.89. The van der Waals surface area contributed by atoms with Crippen molar-refractivity contribution >= 4 is 32.2 Å². The Labute approximate surface area is 99.1 Å². The topological polar surface area (TPSA) is 85.1 Å². The molecule has 7 heteroatoms. The largest absolute Gasteiger partial charge is 0.382 e. The second-order valence-corrected chi connectivity index (χ2v) is 7.14. The minimum atomic E-state index is -3.30. The van der Waals surface area contributed by atoms with E-state index >= 15 is 0 Å². The first-order valence-corrected chi connectivity index (χ1v) is 7.76. The Bertz CT molecular complexity index is 489. The van der Waals surface area contributed by atoms with Crippen molar-refractivity contribution in [1.82, 2.24) is 4.37 Å². The van der Waals surface area contributed by atoms with Gasteiger partial charge < -0.3 is 11.1 Å². The lowest BCUT2D eigenvalue weighted by molar-refractivity contribution is 0.309. The lowest BCUT2D eigenvalue weighted by Gasteiger charge is -2.33. The summed E-state index contributed by atoms with van der Waals surface area (Å²) in [6, 6.07) is 0.357. The zero-order valence-corrected chi connectivity index (χ0v) is 10.9. The van der Waals surface area contributed by atoms with E-state index in [0.717, 1.165) is 30.6 Å². The van der Waals surface area contributed by atoms with Crippen LogP contribution in [-0.2, 0) is 9.84 Å². The Morgan fingerprint density at radius 3 is 2.62 bits per heavy atom. The maximum absolute atomic E-state index is 11.5. The van der Waals surface area contributed by atoms with Crippen LogP contribution in [0, 0.1) is 5.92 Å². The highest BCUT2D eigenvalue weighted by Gasteiger charge is 2.29. The Kier molecular flexibility index (Phi) is 2.83. The Morgan fingerprint density at radius 2 is 2.12 bits per heavy atom. The first kappa shape index (κ1) is 11.7. The molecule has 5 nitrogen and oxygen atoms in total. The van der Waals surface area contributed by atoms with E-state index in [4.69, 9.17) is 5.73 Å². The third kappa shape index (κ3) is 2.15. The molecule has 0 bridgehead atoms. The van der Waals surface area contributed by atoms with Crippen molar-refractivity contribution in [3.05, 3.63) is 0 Å². The quantitative estimate of drug-likeness (QED) is 0.857. The number of rotatable bonds is 3. The van der Waals surface area contributed by atoms with Crippen molar-refractivity contribution in [3.8, 4) is 0 Å². The summed E-state index contributed by atoms with van der Waals surface area (Å²) >= 11 is 1.12. The van der Waals surface area contributed by atoms with Crippen LogP contribution in [-0.4, -0.2) is 25.1 Å². The first-order valence-electron chi connectivity index (χ1n) is 5.09. The maximum Gasteiger partial charge on any atom is 0.182 e. The lowest BCUT2D eigenvalue weighted by atomic mass is 9.82. The van der Waals surface area contributed by atoms with Gasteiger partial charge in [0, 0.05) is 12.3 Å². The van der Waals surface area contributed by atoms with E-state index in [0.29, 0.717) is 17.0 Å². The minimum Gasteiger partial charge on any atom is -0.382 e. The predicted octanol–water partition coefficient (Wildman–Crippen LogP) is 1.34. The molecular formula is C9H15N3O2S2. The van der Waals surface area contributed by atoms with Crippen LogP contribution < -0.4 is 11.1 Å². The van der Waals surface area contributed by atoms with E-state index in [1.54, 1.807) is 0 Å². The van der Waals surface area contributed by atoms with E-state index in [9.17, 15) is 8.42 Å². The third-order valence-corrected chi connectivity index (χ3v) is 4.83. The molecule has 0 unspecified atom stereocenters. The number of aromatic nitrogens is 1. The zero-order chi connectivity index (χ0) is 11.9. The van der Waals surface area contributed by atoms with E-state index < -0.39 is 9.84 Å². The molecule has 0 amide bonds. The van der Waals surface area contributed by atoms with Crippen molar-refractivity contribution in [2.24, 2.45) is 5.92 Å². The van der Waals surface area contributed by atoms with Crippen LogP contribution in [0.4, 0.5) is 10.8 Å². The van der Waals surface area contributed by atoms with Gasteiger partial charge in [-0.25, -0.2) is 8.42 Å². The molecule has 0 atom stereocenters. The van der Waals surface area contributed by atoms with Crippen LogP contribution in [0.5, 0.6) is 0 Å². The summed E-state index contributed by atoms with van der Waals surface area (Å²) in [5.41, 5.74) is 5.57. The summed E-state index contributed by atoms with van der Waals surface area (Å²) in [7, 11) is -3.30. The van der Waals surface area contributed by atoms with Gasteiger partial charge in [0.2, 0.25) is 0 Å². The summed E-state index contributed by atoms with van der Waals surface area (Å²) in [5, 5.41) is 3.78. The van der Waals surface area contributed by atoms with Crippen LogP contribution in [0.3, 0.4) is 0 Å². The molecule has 1 fully saturated rings. The molecular weight excluding hydrogens is 246 g/mol. The highest BCUT2D eigenvalue weighted by molar-refractivity contribution is 7.91. The van der Waals surface area contributed by atoms with E-state index in [1.165, 1.54) is 0 Å². The van der Waals surface area contributed by atoms with E-state index in [2.05, 4.69) is 16.6 Å². The van der Waals surface area contributed by atoms with Gasteiger partial charge in [-0.3, -0.25) is 0 Å². The molecule has 1 aliphatic rings. The molecule has 0 spiro atoms. The van der Waals surface area contributed by atoms with Crippen molar-refractivity contribution in [1.29, 1.82) is 0 Å². The van der Waals surface area contributed by atoms with Crippen LogP contribution in [0.1, 0.15) is 19.8 Å². The molecule has 3 N–H and O–H groups in total. The van der Waals surface area contributed by atoms with Gasteiger partial charge in [0.25, 0.3) is 0 Å². The molecule has 1 aromatic rings. The number of hydrogen-bond acceptors (Lipinski definition) is 6. The lowest BCUT2D eigenvalue weighted by Crippen LogP contribution is -2.33. The molecule has 2 rings (SSSR count). The fourth-order valence-corrected chi connectivity index (χ4v) is 4.08. The number of anilines is 2. The molecule has 0 aromatic carbocycles. The molecule has 0 saturated heterocycles. The number of nitrogens with one attached hydrogen (secondary N) is 1. The average Bonchev–Trinajstić information content (AvgIpc) is 2.43. The summed E-state index contributed by atoms with van der Waals surface area (Å²) in [4.78, 5) is 0.150. The monoisotopic (exact) mass is 261 g/mol. The molecule has 0 radical (unpaired) electrons. The van der Waals surface area contributed by atoms with Gasteiger partial charge in [0.05, 0.1) is 0 Å². The molecule has 1 aliphatic carbocycles. The number of nitrogens with two attached hydrogens (primary N) is 1. The number of sulfone groups is 1. The summed E-state index contributed by atoms with van der Waals surface area (Å²) in [6.07, 6.45) is 3.30. The highest BCUT2D eigenvalue weighted by Crippen LogP contribution is 2.36. The second-order valence-electron chi connectivity index (χ2n) is 4.42. The summed E-state index contributed by atoms with van der Waals surface area (Å²) in [6.45, 7) is 2.18. The van der Waals surface area contributed by atoms with E-state index in [-0.39, 0.29) is 10.7 Å². The van der Waals surface area contributed by atoms with Crippen LogP contribution in [0.25, 0.3) is 0 Å². The van der Waals surface area contributed by atoms with E-state index in [1.807, 2.05) is 0 Å². The van der Waals surface area contributed by atoms with Gasteiger partial charge in [0.1, 0.15) is 9.90 Å². The zero-order valence-electron chi connectivity index (χ0n) is 9.23. The fourth-order valence-electron chi connectivity index (χ4n) is 1.95. The number of hydrogen-bond donors (Lipinski definition) is 2. The van der Waals surface area contributed by atoms with Crippen molar-refractivity contribution in [3.63, 3.8) is 0 Å². The summed E-state index contributed by atoms with van der Waals surface area (Å²) in [5.74, 6) is 0.812. The predicted molar refractivity (Wildman–Crippen MR) is 65.4 cm³/mol. The first-order chi connectivity index (χ1) is 7.38. The van der Waals surface area contributed by atoms with Gasteiger partial charge in [-0.15, -0.1) is 0 Å². The number of nitrogen functional groups attached to an aromatic ring is 1. The molecule has 90 valence electrons. The van der Waals surface area contributed by atoms with Gasteiger partial charge in [-0.2, -0.15) is 4.37 Å². The summed E-state index contributed by atoms with van der Waals surface area (Å²) < 4.78 is 27.0. The Hall–Kier alpha value is -0.820. The molecule has 16 heavy (non-hydrogen) atoms. The van der Waals surface area contributed by atoms with Crippen LogP contribution in [0.2, 0.25) is 0 Å². The van der Waals surface area contributed by atoms with Gasteiger partial charge in [-0.1, -0.05) is 6.92 Å². The van der Waals surface area contributed by atoms with Gasteiger partial charge >= 0.3 is 0 Å². The fraction of sp³-hybridized carbons (Fsp3) is 0.667. The van der Waals surface area contributed by atoms with Crippen molar-refractivity contribution in [2.75, 3.05) is 17.3 Å². The Balaban J connectivity index is 2.22. The van der Waals surface area contributed by atoms with Crippen molar-refractivity contribution in [2.45, 2.75) is 30.7 Å². The molecule has 1 saturated carbocycles. The smallest absolute Gasteiger partial charge is 0.182 e. The normalized spacial score (nSPS) is 25.1. The maximum atomic E-state index is 11.5. The van der Waals surface area contributed by atoms with Crippen LogP contribution in [0.15, 0.2) is 4.90 Å². The Morgan fingerprint density at radius 1 is 1.50 bits per heavy atom. The number of nitrogens with zero attached hydrogens (tertiary/aromatic N) is 1. The molecule has 0 aliphatic heterocycles. The van der Waals surface area contributed by atoms with Crippen LogP contribution >= 0.6 is 11.5 Å². The highest BCUT2D eigenvalue weighted by atomic mass is 32.2. The SMILES string of the molecule is CC1CC(Nc2snc(N)c2S(C)(=O)=O)C1. The molecule has 1 aromatic heterocycles. The molecule has 1 heterocycles. The minimum absolute atomic E-state index is 0.0994. The standard InChI is InChI=1S/C9H15N3O2S2/c1-5-3-6(4-5)11-9-7(16(2,13)14)8(10)12-15-9/h5-6,11H,3-4H2,1-2H3,(H2,10,12). The van der Waals surface area contributed by atoms with Gasteiger partial charge in [0.15, 0.2) is 15.7 Å². The van der Waals surface area contributed by atoms with Gasteiger partial charge in [-0.05, 0) is 30.3 Å². The third-order valence-electron chi connectivity index (χ3n) is 2.75. The average molecular weight is 261 g/mol. The van der Waals surface area contributed by atoms with Crippen molar-refractivity contribution < 1.29 is 8.42 Å².